The molecule has 2 nitrogen and oxygen atoms in total. The molecule has 0 aromatic heterocycles. The molecule has 15 heavy (non-hydrogen) atoms. The van der Waals surface area contributed by atoms with Crippen molar-refractivity contribution >= 4 is 11.6 Å². The highest BCUT2D eigenvalue weighted by atomic mass is 35.5. The molecule has 1 N–H and O–H groups in total. The smallest absolute Gasteiger partial charge is 0.138 e. The molecule has 0 saturated carbocycles. The lowest BCUT2D eigenvalue weighted by molar-refractivity contribution is 0.260. The summed E-state index contributed by atoms with van der Waals surface area (Å²) >= 11 is 5.83. The molecule has 1 fully saturated rings. The Morgan fingerprint density at radius 3 is 3.07 bits per heavy atom. The molecule has 82 valence electrons. The topological polar surface area (TPSA) is 21.3 Å². The molecule has 1 saturated heterocycles. The molecule has 0 unspecified atom stereocenters. The molecule has 0 aliphatic carbocycles. The zero-order valence-corrected chi connectivity index (χ0v) is 9.06. The molecule has 1 heterocycles. The first-order valence-electron chi connectivity index (χ1n) is 5.04. The second-order valence-corrected chi connectivity index (χ2v) is 4.15. The second kappa shape index (κ2) is 4.81. The fourth-order valence-corrected chi connectivity index (χ4v) is 1.88. The quantitative estimate of drug-likeness (QED) is 0.860. The number of hydrogen-bond donors (Lipinski definition) is 1. The van der Waals surface area contributed by atoms with Crippen LogP contribution in [0.4, 0.5) is 4.39 Å². The molecule has 1 aromatic carbocycles. The Kier molecular flexibility index (Phi) is 3.44. The van der Waals surface area contributed by atoms with Crippen LogP contribution >= 0.6 is 11.6 Å². The molecule has 0 radical (unpaired) electrons. The van der Waals surface area contributed by atoms with Gasteiger partial charge in [-0.1, -0.05) is 11.6 Å². The molecule has 2 rings (SSSR count). The van der Waals surface area contributed by atoms with Crippen molar-refractivity contribution in [2.75, 3.05) is 19.7 Å². The van der Waals surface area contributed by atoms with Crippen LogP contribution in [-0.2, 0) is 0 Å². The predicted octanol–water partition coefficient (Wildman–Crippen LogP) is 2.47. The molecule has 1 atom stereocenters. The van der Waals surface area contributed by atoms with E-state index in [2.05, 4.69) is 5.32 Å². The van der Waals surface area contributed by atoms with Gasteiger partial charge in [0.05, 0.1) is 11.6 Å². The zero-order chi connectivity index (χ0) is 10.7. The summed E-state index contributed by atoms with van der Waals surface area (Å²) < 4.78 is 18.3. The highest BCUT2D eigenvalue weighted by molar-refractivity contribution is 6.32. The van der Waals surface area contributed by atoms with Gasteiger partial charge in [-0.3, -0.25) is 0 Å². The van der Waals surface area contributed by atoms with E-state index in [4.69, 9.17) is 16.3 Å². The Morgan fingerprint density at radius 2 is 2.40 bits per heavy atom. The lowest BCUT2D eigenvalue weighted by Crippen LogP contribution is -2.15. The van der Waals surface area contributed by atoms with Crippen molar-refractivity contribution in [1.82, 2.24) is 5.32 Å². The molecule has 1 aliphatic heterocycles. The number of halogens is 2. The summed E-state index contributed by atoms with van der Waals surface area (Å²) in [6.07, 6.45) is 1.12. The van der Waals surface area contributed by atoms with E-state index in [1.807, 2.05) is 0 Å². The average Bonchev–Trinajstić information content (AvgIpc) is 2.69. The van der Waals surface area contributed by atoms with Crippen LogP contribution in [0.25, 0.3) is 0 Å². The lowest BCUT2D eigenvalue weighted by atomic mass is 10.1. The maximum absolute atomic E-state index is 12.7. The molecule has 0 spiro atoms. The van der Waals surface area contributed by atoms with Crippen molar-refractivity contribution in [2.24, 2.45) is 5.92 Å². The van der Waals surface area contributed by atoms with Gasteiger partial charge in [0.15, 0.2) is 0 Å². The summed E-state index contributed by atoms with van der Waals surface area (Å²) in [5, 5.41) is 3.59. The van der Waals surface area contributed by atoms with Crippen LogP contribution in [0.3, 0.4) is 0 Å². The van der Waals surface area contributed by atoms with E-state index in [0.717, 1.165) is 19.5 Å². The van der Waals surface area contributed by atoms with Gasteiger partial charge in [0, 0.05) is 12.5 Å². The summed E-state index contributed by atoms with van der Waals surface area (Å²) in [6.45, 7) is 2.67. The van der Waals surface area contributed by atoms with E-state index in [1.165, 1.54) is 12.1 Å². The van der Waals surface area contributed by atoms with Crippen molar-refractivity contribution in [2.45, 2.75) is 6.42 Å². The van der Waals surface area contributed by atoms with Crippen LogP contribution < -0.4 is 10.1 Å². The first-order valence-corrected chi connectivity index (χ1v) is 5.42. The minimum atomic E-state index is -0.338. The Bertz CT molecular complexity index is 339. The molecule has 0 amide bonds. The van der Waals surface area contributed by atoms with E-state index in [0.29, 0.717) is 23.3 Å². The fraction of sp³-hybridized carbons (Fsp3) is 0.455. The molecule has 0 bridgehead atoms. The predicted molar refractivity (Wildman–Crippen MR) is 57.9 cm³/mol. The summed E-state index contributed by atoms with van der Waals surface area (Å²) in [5.74, 6) is 0.756. The van der Waals surface area contributed by atoms with Gasteiger partial charge in [0.2, 0.25) is 0 Å². The summed E-state index contributed by atoms with van der Waals surface area (Å²) in [5.41, 5.74) is 0. The summed E-state index contributed by atoms with van der Waals surface area (Å²) in [7, 11) is 0. The third kappa shape index (κ3) is 2.83. The van der Waals surface area contributed by atoms with Crippen LogP contribution in [0.5, 0.6) is 5.75 Å². The number of benzene rings is 1. The first kappa shape index (κ1) is 10.7. The van der Waals surface area contributed by atoms with Gasteiger partial charge in [-0.15, -0.1) is 0 Å². The first-order chi connectivity index (χ1) is 7.25. The van der Waals surface area contributed by atoms with Crippen LogP contribution in [0.2, 0.25) is 5.02 Å². The number of rotatable bonds is 3. The van der Waals surface area contributed by atoms with Crippen molar-refractivity contribution < 1.29 is 9.13 Å². The van der Waals surface area contributed by atoms with Gasteiger partial charge in [-0.05, 0) is 31.2 Å². The third-order valence-electron chi connectivity index (χ3n) is 2.53. The highest BCUT2D eigenvalue weighted by Crippen LogP contribution is 2.25. The highest BCUT2D eigenvalue weighted by Gasteiger charge is 2.15. The number of nitrogens with one attached hydrogen (secondary N) is 1. The van der Waals surface area contributed by atoms with Crippen molar-refractivity contribution in [3.8, 4) is 5.75 Å². The molecule has 1 aliphatic rings. The fourth-order valence-electron chi connectivity index (χ4n) is 1.66. The summed E-state index contributed by atoms with van der Waals surface area (Å²) in [6, 6.07) is 4.19. The van der Waals surface area contributed by atoms with Crippen LogP contribution in [0.15, 0.2) is 18.2 Å². The molecular weight excluding hydrogens is 217 g/mol. The summed E-state index contributed by atoms with van der Waals surface area (Å²) in [4.78, 5) is 0. The Hall–Kier alpha value is -0.800. The molecular formula is C11H13ClFNO. The standard InChI is InChI=1S/C11H13ClFNO/c12-10-5-9(13)1-2-11(10)15-7-8-3-4-14-6-8/h1-2,5,8,14H,3-4,6-7H2/t8-/m1/s1. The van der Waals surface area contributed by atoms with Crippen molar-refractivity contribution in [3.05, 3.63) is 29.0 Å². The van der Waals surface area contributed by atoms with E-state index in [-0.39, 0.29) is 5.82 Å². The van der Waals surface area contributed by atoms with Gasteiger partial charge in [-0.25, -0.2) is 4.39 Å². The largest absolute Gasteiger partial charge is 0.492 e. The monoisotopic (exact) mass is 229 g/mol. The van der Waals surface area contributed by atoms with Crippen LogP contribution in [-0.4, -0.2) is 19.7 Å². The van der Waals surface area contributed by atoms with E-state index in [1.54, 1.807) is 6.07 Å². The van der Waals surface area contributed by atoms with E-state index >= 15 is 0 Å². The van der Waals surface area contributed by atoms with Gasteiger partial charge in [0.1, 0.15) is 11.6 Å². The van der Waals surface area contributed by atoms with Crippen LogP contribution in [0, 0.1) is 11.7 Å². The van der Waals surface area contributed by atoms with E-state index < -0.39 is 0 Å². The van der Waals surface area contributed by atoms with Crippen molar-refractivity contribution in [3.63, 3.8) is 0 Å². The molecule has 1 aromatic rings. The van der Waals surface area contributed by atoms with Gasteiger partial charge in [-0.2, -0.15) is 0 Å². The van der Waals surface area contributed by atoms with Crippen molar-refractivity contribution in [1.29, 1.82) is 0 Å². The second-order valence-electron chi connectivity index (χ2n) is 3.74. The molecule has 4 heteroatoms. The SMILES string of the molecule is Fc1ccc(OC[C@@H]2CCNC2)c(Cl)c1. The maximum Gasteiger partial charge on any atom is 0.138 e. The van der Waals surface area contributed by atoms with E-state index in [9.17, 15) is 4.39 Å². The maximum atomic E-state index is 12.7. The van der Waals surface area contributed by atoms with Gasteiger partial charge >= 0.3 is 0 Å². The minimum Gasteiger partial charge on any atom is -0.492 e. The zero-order valence-electron chi connectivity index (χ0n) is 8.30. The Balaban J connectivity index is 1.92. The van der Waals surface area contributed by atoms with Gasteiger partial charge in [0.25, 0.3) is 0 Å². The Morgan fingerprint density at radius 1 is 1.53 bits per heavy atom. The lowest BCUT2D eigenvalue weighted by Gasteiger charge is -2.11. The normalized spacial score (nSPS) is 20.5. The minimum absolute atomic E-state index is 0.334. The number of ether oxygens (including phenoxy) is 1. The third-order valence-corrected chi connectivity index (χ3v) is 2.83. The average molecular weight is 230 g/mol. The number of hydrogen-bond acceptors (Lipinski definition) is 2. The van der Waals surface area contributed by atoms with Crippen LogP contribution in [0.1, 0.15) is 6.42 Å². The van der Waals surface area contributed by atoms with Gasteiger partial charge < -0.3 is 10.1 Å². The Labute approximate surface area is 93.4 Å².